The average Bonchev–Trinajstić information content (AvgIpc) is 2.66. The number of benzene rings is 2. The van der Waals surface area contributed by atoms with Gasteiger partial charge in [-0.3, -0.25) is 4.79 Å². The Morgan fingerprint density at radius 1 is 1.08 bits per heavy atom. The molecule has 5 heteroatoms. The number of hydrogen-bond acceptors (Lipinski definition) is 4. The molecule has 1 aliphatic rings. The Morgan fingerprint density at radius 3 is 2.38 bits per heavy atom. The van der Waals surface area contributed by atoms with Crippen LogP contribution < -0.4 is 16.4 Å². The predicted molar refractivity (Wildman–Crippen MR) is 107 cm³/mol. The highest BCUT2D eigenvalue weighted by Gasteiger charge is 2.18. The molecule has 0 bridgehead atoms. The molecule has 0 radical (unpaired) electrons. The van der Waals surface area contributed by atoms with Crippen LogP contribution in [0.25, 0.3) is 0 Å². The number of para-hydroxylation sites is 2. The molecular weight excluding hydrogens is 324 g/mol. The van der Waals surface area contributed by atoms with E-state index in [0.29, 0.717) is 6.04 Å². The smallest absolute Gasteiger partial charge is 0.226 e. The Balaban J connectivity index is 1.60. The van der Waals surface area contributed by atoms with E-state index in [1.54, 1.807) is 0 Å². The molecule has 2 aromatic rings. The van der Waals surface area contributed by atoms with Crippen LogP contribution in [0.4, 0.5) is 11.4 Å². The van der Waals surface area contributed by atoms with E-state index in [9.17, 15) is 4.79 Å². The summed E-state index contributed by atoms with van der Waals surface area (Å²) in [6, 6.07) is 17.7. The highest BCUT2D eigenvalue weighted by Crippen LogP contribution is 2.25. The molecule has 26 heavy (non-hydrogen) atoms. The van der Waals surface area contributed by atoms with E-state index in [-0.39, 0.29) is 18.4 Å². The monoisotopic (exact) mass is 352 g/mol. The Bertz CT molecular complexity index is 711. The summed E-state index contributed by atoms with van der Waals surface area (Å²) in [4.78, 5) is 14.8. The lowest BCUT2D eigenvalue weighted by molar-refractivity contribution is -0.116. The van der Waals surface area contributed by atoms with E-state index in [1.165, 1.54) is 0 Å². The summed E-state index contributed by atoms with van der Waals surface area (Å²) in [7, 11) is 2.15. The molecule has 1 amide bonds. The minimum Gasteiger partial charge on any atom is -0.381 e. The molecule has 5 nitrogen and oxygen atoms in total. The van der Waals surface area contributed by atoms with Crippen molar-refractivity contribution in [3.05, 3.63) is 60.2 Å². The largest absolute Gasteiger partial charge is 0.381 e. The van der Waals surface area contributed by atoms with E-state index < -0.39 is 0 Å². The van der Waals surface area contributed by atoms with Crippen molar-refractivity contribution in [2.24, 2.45) is 5.73 Å². The summed E-state index contributed by atoms with van der Waals surface area (Å²) >= 11 is 0. The minimum absolute atomic E-state index is 0.0704. The highest BCUT2D eigenvalue weighted by molar-refractivity contribution is 5.94. The van der Waals surface area contributed by atoms with Gasteiger partial charge >= 0.3 is 0 Å². The number of amides is 1. The molecule has 2 aromatic carbocycles. The number of hydrogen-bond donors (Lipinski definition) is 3. The zero-order valence-electron chi connectivity index (χ0n) is 15.3. The lowest BCUT2D eigenvalue weighted by Crippen LogP contribution is -2.36. The van der Waals surface area contributed by atoms with Crippen LogP contribution in [-0.4, -0.2) is 37.0 Å². The third kappa shape index (κ3) is 5.07. The van der Waals surface area contributed by atoms with Crippen LogP contribution in [0.3, 0.4) is 0 Å². The normalized spacial score (nSPS) is 16.8. The maximum Gasteiger partial charge on any atom is 0.226 e. The zero-order chi connectivity index (χ0) is 18.4. The summed E-state index contributed by atoms with van der Waals surface area (Å²) in [5.74, 6) is -0.0704. The maximum absolute atomic E-state index is 12.5. The van der Waals surface area contributed by atoms with Crippen molar-refractivity contribution in [3.63, 3.8) is 0 Å². The summed E-state index contributed by atoms with van der Waals surface area (Å²) in [5.41, 5.74) is 8.93. The average molecular weight is 352 g/mol. The van der Waals surface area contributed by atoms with Gasteiger partial charge < -0.3 is 21.3 Å². The van der Waals surface area contributed by atoms with Gasteiger partial charge in [0.25, 0.3) is 0 Å². The van der Waals surface area contributed by atoms with Crippen molar-refractivity contribution in [3.8, 4) is 0 Å². The molecule has 1 heterocycles. The molecule has 138 valence electrons. The minimum atomic E-state index is -0.301. The highest BCUT2D eigenvalue weighted by atomic mass is 16.1. The molecule has 0 spiro atoms. The van der Waals surface area contributed by atoms with Crippen LogP contribution in [0.2, 0.25) is 0 Å². The van der Waals surface area contributed by atoms with Gasteiger partial charge in [0.15, 0.2) is 0 Å². The van der Waals surface area contributed by atoms with Crippen molar-refractivity contribution < 1.29 is 4.79 Å². The topological polar surface area (TPSA) is 70.4 Å². The lowest BCUT2D eigenvalue weighted by Gasteiger charge is -2.30. The van der Waals surface area contributed by atoms with Gasteiger partial charge in [-0.15, -0.1) is 0 Å². The second kappa shape index (κ2) is 8.83. The van der Waals surface area contributed by atoms with Crippen LogP contribution in [-0.2, 0) is 4.79 Å². The maximum atomic E-state index is 12.5. The van der Waals surface area contributed by atoms with Gasteiger partial charge in [0.1, 0.15) is 0 Å². The number of rotatable bonds is 6. The lowest BCUT2D eigenvalue weighted by atomic mass is 10.0. The third-order valence-electron chi connectivity index (χ3n) is 4.91. The van der Waals surface area contributed by atoms with Crippen LogP contribution in [0.5, 0.6) is 0 Å². The first-order valence-electron chi connectivity index (χ1n) is 9.26. The molecule has 1 atom stereocenters. The first-order chi connectivity index (χ1) is 12.6. The van der Waals surface area contributed by atoms with Crippen molar-refractivity contribution in [1.82, 2.24) is 4.90 Å². The second-order valence-electron chi connectivity index (χ2n) is 7.04. The fourth-order valence-electron chi connectivity index (χ4n) is 3.31. The molecule has 1 saturated heterocycles. The first-order valence-corrected chi connectivity index (χ1v) is 9.26. The number of carbonyl (C=O) groups is 1. The van der Waals surface area contributed by atoms with Gasteiger partial charge in [0, 0.05) is 18.5 Å². The predicted octanol–water partition coefficient (Wildman–Crippen LogP) is 3.22. The molecule has 1 fully saturated rings. The van der Waals surface area contributed by atoms with E-state index in [1.807, 2.05) is 54.6 Å². The van der Waals surface area contributed by atoms with Crippen molar-refractivity contribution in [1.29, 1.82) is 0 Å². The zero-order valence-corrected chi connectivity index (χ0v) is 15.3. The molecule has 0 aliphatic carbocycles. The summed E-state index contributed by atoms with van der Waals surface area (Å²) in [6.07, 6.45) is 2.47. The molecule has 0 aromatic heterocycles. The quantitative estimate of drug-likeness (QED) is 0.746. The molecule has 4 N–H and O–H groups in total. The van der Waals surface area contributed by atoms with Crippen LogP contribution in [0.15, 0.2) is 54.6 Å². The Labute approximate surface area is 155 Å². The van der Waals surface area contributed by atoms with E-state index in [4.69, 9.17) is 5.73 Å². The number of nitrogens with two attached hydrogens (primary N) is 1. The van der Waals surface area contributed by atoms with Gasteiger partial charge in [0.2, 0.25) is 5.91 Å². The fourth-order valence-corrected chi connectivity index (χ4v) is 3.31. The van der Waals surface area contributed by atoms with Crippen LogP contribution >= 0.6 is 0 Å². The Morgan fingerprint density at radius 2 is 1.69 bits per heavy atom. The van der Waals surface area contributed by atoms with Crippen LogP contribution in [0.1, 0.15) is 30.9 Å². The standard InChI is InChI=1S/C21H28N4O/c1-25-13-11-17(12-14-25)23-19-9-5-6-10-20(19)24-21(26)15-18(22)16-7-3-2-4-8-16/h2-10,17-18,23H,11-15,22H2,1H3,(H,24,26). The first kappa shape index (κ1) is 18.4. The van der Waals surface area contributed by atoms with Gasteiger partial charge in [-0.1, -0.05) is 42.5 Å². The van der Waals surface area contributed by atoms with E-state index in [2.05, 4.69) is 22.6 Å². The molecule has 3 rings (SSSR count). The van der Waals surface area contributed by atoms with E-state index in [0.717, 1.165) is 42.9 Å². The number of nitrogens with zero attached hydrogens (tertiary/aromatic N) is 1. The number of anilines is 2. The molecular formula is C21H28N4O. The Kier molecular flexibility index (Phi) is 6.26. The van der Waals surface area contributed by atoms with Gasteiger partial charge in [-0.2, -0.15) is 0 Å². The van der Waals surface area contributed by atoms with E-state index >= 15 is 0 Å². The molecule has 0 saturated carbocycles. The van der Waals surface area contributed by atoms with Gasteiger partial charge in [0.05, 0.1) is 11.4 Å². The van der Waals surface area contributed by atoms with Gasteiger partial charge in [-0.05, 0) is 50.7 Å². The molecule has 1 aliphatic heterocycles. The van der Waals surface area contributed by atoms with Crippen molar-refractivity contribution in [2.45, 2.75) is 31.3 Å². The van der Waals surface area contributed by atoms with Crippen molar-refractivity contribution in [2.75, 3.05) is 30.8 Å². The van der Waals surface area contributed by atoms with Gasteiger partial charge in [-0.25, -0.2) is 0 Å². The molecule has 1 unspecified atom stereocenters. The summed E-state index contributed by atoms with van der Waals surface area (Å²) in [6.45, 7) is 2.19. The summed E-state index contributed by atoms with van der Waals surface area (Å²) < 4.78 is 0. The SMILES string of the molecule is CN1CCC(Nc2ccccc2NC(=O)CC(N)c2ccccc2)CC1. The second-order valence-corrected chi connectivity index (χ2v) is 7.04. The summed E-state index contributed by atoms with van der Waals surface area (Å²) in [5, 5.41) is 6.61. The number of piperidine rings is 1. The number of carbonyl (C=O) groups excluding carboxylic acids is 1. The third-order valence-corrected chi connectivity index (χ3v) is 4.91. The van der Waals surface area contributed by atoms with Crippen LogP contribution in [0, 0.1) is 0 Å². The number of nitrogens with one attached hydrogen (secondary N) is 2. The Hall–Kier alpha value is -2.37. The van der Waals surface area contributed by atoms with Crippen molar-refractivity contribution >= 4 is 17.3 Å². The number of likely N-dealkylation sites (tertiary alicyclic amines) is 1. The fraction of sp³-hybridized carbons (Fsp3) is 0.381.